The smallest absolute Gasteiger partial charge is 0.322 e. The molecule has 1 saturated heterocycles. The molecule has 1 aliphatic heterocycles. The molecular formula is C18H18Cl2FN3O. The van der Waals surface area contributed by atoms with Crippen molar-refractivity contribution in [2.24, 2.45) is 0 Å². The maximum absolute atomic E-state index is 13.8. The summed E-state index contributed by atoms with van der Waals surface area (Å²) in [5.74, 6) is -0.543. The molecule has 0 radical (unpaired) electrons. The first-order valence-corrected chi connectivity index (χ1v) is 8.75. The molecular weight excluding hydrogens is 364 g/mol. The molecule has 7 heteroatoms. The van der Waals surface area contributed by atoms with E-state index in [1.165, 1.54) is 12.1 Å². The Morgan fingerprint density at radius 2 is 1.80 bits per heavy atom. The number of hydrogen-bond acceptors (Lipinski definition) is 2. The van der Waals surface area contributed by atoms with Gasteiger partial charge in [-0.3, -0.25) is 4.90 Å². The summed E-state index contributed by atoms with van der Waals surface area (Å²) >= 11 is 11.9. The third-order valence-corrected chi connectivity index (χ3v) is 4.79. The lowest BCUT2D eigenvalue weighted by Gasteiger charge is -2.34. The van der Waals surface area contributed by atoms with E-state index in [1.54, 1.807) is 11.0 Å². The molecule has 3 rings (SSSR count). The van der Waals surface area contributed by atoms with Gasteiger partial charge in [0.15, 0.2) is 0 Å². The zero-order valence-corrected chi connectivity index (χ0v) is 15.0. The van der Waals surface area contributed by atoms with Crippen molar-refractivity contribution in [3.8, 4) is 0 Å². The Bertz CT molecular complexity index is 764. The highest BCUT2D eigenvalue weighted by Gasteiger charge is 2.22. The number of halogens is 3. The van der Waals surface area contributed by atoms with E-state index in [-0.39, 0.29) is 11.7 Å². The summed E-state index contributed by atoms with van der Waals surface area (Å²) in [5, 5.41) is 3.64. The Hall–Kier alpha value is -1.82. The van der Waals surface area contributed by atoms with Gasteiger partial charge in [0.1, 0.15) is 5.82 Å². The number of benzene rings is 2. The van der Waals surface area contributed by atoms with Crippen molar-refractivity contribution in [2.45, 2.75) is 6.54 Å². The van der Waals surface area contributed by atoms with Crippen LogP contribution in [0.25, 0.3) is 0 Å². The number of hydrogen-bond donors (Lipinski definition) is 1. The Labute approximate surface area is 156 Å². The summed E-state index contributed by atoms with van der Waals surface area (Å²) in [6, 6.07) is 11.6. The second kappa shape index (κ2) is 8.04. The molecule has 0 atom stereocenters. The summed E-state index contributed by atoms with van der Waals surface area (Å²) in [7, 11) is 0. The van der Waals surface area contributed by atoms with Crippen LogP contribution in [0.2, 0.25) is 10.0 Å². The zero-order chi connectivity index (χ0) is 17.8. The average molecular weight is 382 g/mol. The number of rotatable bonds is 3. The topological polar surface area (TPSA) is 35.6 Å². The van der Waals surface area contributed by atoms with Crippen molar-refractivity contribution in [1.82, 2.24) is 9.80 Å². The minimum atomic E-state index is -0.543. The number of nitrogens with one attached hydrogen (secondary N) is 1. The summed E-state index contributed by atoms with van der Waals surface area (Å²) in [4.78, 5) is 16.2. The maximum Gasteiger partial charge on any atom is 0.322 e. The Morgan fingerprint density at radius 1 is 1.08 bits per heavy atom. The normalized spacial score (nSPS) is 15.2. The fraction of sp³-hybridized carbons (Fsp3) is 0.278. The Kier molecular flexibility index (Phi) is 5.78. The summed E-state index contributed by atoms with van der Waals surface area (Å²) < 4.78 is 13.8. The van der Waals surface area contributed by atoms with Crippen LogP contribution in [0.5, 0.6) is 0 Å². The third kappa shape index (κ3) is 4.63. The average Bonchev–Trinajstić information content (AvgIpc) is 2.60. The van der Waals surface area contributed by atoms with E-state index in [2.05, 4.69) is 10.2 Å². The second-order valence-electron chi connectivity index (χ2n) is 5.91. The first-order valence-electron chi connectivity index (χ1n) is 7.99. The van der Waals surface area contributed by atoms with Crippen molar-refractivity contribution in [3.63, 3.8) is 0 Å². The number of piperazine rings is 1. The van der Waals surface area contributed by atoms with Crippen molar-refractivity contribution in [2.75, 3.05) is 31.5 Å². The van der Waals surface area contributed by atoms with E-state index >= 15 is 0 Å². The van der Waals surface area contributed by atoms with Gasteiger partial charge in [-0.05, 0) is 29.8 Å². The SMILES string of the molecule is O=C(Nc1ccc(Cl)cc1F)N1CCN(Cc2ccccc2Cl)CC1. The lowest BCUT2D eigenvalue weighted by atomic mass is 10.2. The van der Waals surface area contributed by atoms with Gasteiger partial charge in [-0.2, -0.15) is 0 Å². The fourth-order valence-corrected chi connectivity index (χ4v) is 3.12. The summed E-state index contributed by atoms with van der Waals surface area (Å²) in [5.41, 5.74) is 1.21. The van der Waals surface area contributed by atoms with E-state index in [0.717, 1.165) is 30.2 Å². The van der Waals surface area contributed by atoms with E-state index in [1.807, 2.05) is 24.3 Å². The van der Waals surface area contributed by atoms with Crippen LogP contribution in [0, 0.1) is 5.82 Å². The summed E-state index contributed by atoms with van der Waals surface area (Å²) in [6.45, 7) is 3.38. The molecule has 0 unspecified atom stereocenters. The molecule has 1 aliphatic rings. The molecule has 1 N–H and O–H groups in total. The van der Waals surface area contributed by atoms with Crippen molar-refractivity contribution < 1.29 is 9.18 Å². The van der Waals surface area contributed by atoms with Crippen LogP contribution in [0.1, 0.15) is 5.56 Å². The zero-order valence-electron chi connectivity index (χ0n) is 13.5. The van der Waals surface area contributed by atoms with Crippen LogP contribution < -0.4 is 5.32 Å². The molecule has 0 aromatic heterocycles. The van der Waals surface area contributed by atoms with Crippen LogP contribution in [0.15, 0.2) is 42.5 Å². The molecule has 2 aromatic carbocycles. The number of amides is 2. The fourth-order valence-electron chi connectivity index (χ4n) is 2.76. The van der Waals surface area contributed by atoms with E-state index in [0.29, 0.717) is 18.1 Å². The van der Waals surface area contributed by atoms with Gasteiger partial charge < -0.3 is 10.2 Å². The van der Waals surface area contributed by atoms with Crippen molar-refractivity contribution in [3.05, 3.63) is 63.9 Å². The molecule has 1 heterocycles. The highest BCUT2D eigenvalue weighted by molar-refractivity contribution is 6.31. The first kappa shape index (κ1) is 18.0. The minimum Gasteiger partial charge on any atom is -0.322 e. The highest BCUT2D eigenvalue weighted by atomic mass is 35.5. The van der Waals surface area contributed by atoms with Gasteiger partial charge in [0.25, 0.3) is 0 Å². The van der Waals surface area contributed by atoms with E-state index < -0.39 is 5.82 Å². The minimum absolute atomic E-state index is 0.132. The molecule has 2 aromatic rings. The number of carbonyl (C=O) groups excluding carboxylic acids is 1. The number of anilines is 1. The van der Waals surface area contributed by atoms with Crippen molar-refractivity contribution in [1.29, 1.82) is 0 Å². The number of carbonyl (C=O) groups is 1. The molecule has 0 bridgehead atoms. The predicted octanol–water partition coefficient (Wildman–Crippen LogP) is 4.48. The quantitative estimate of drug-likeness (QED) is 0.850. The molecule has 132 valence electrons. The molecule has 25 heavy (non-hydrogen) atoms. The third-order valence-electron chi connectivity index (χ3n) is 4.18. The van der Waals surface area contributed by atoms with Gasteiger partial charge in [0.05, 0.1) is 5.69 Å². The first-order chi connectivity index (χ1) is 12.0. The van der Waals surface area contributed by atoms with Gasteiger partial charge in [-0.15, -0.1) is 0 Å². The molecule has 4 nitrogen and oxygen atoms in total. The van der Waals surface area contributed by atoms with E-state index in [9.17, 15) is 9.18 Å². The van der Waals surface area contributed by atoms with Crippen LogP contribution in [0.3, 0.4) is 0 Å². The van der Waals surface area contributed by atoms with Crippen LogP contribution in [-0.4, -0.2) is 42.0 Å². The van der Waals surface area contributed by atoms with E-state index in [4.69, 9.17) is 23.2 Å². The van der Waals surface area contributed by atoms with Crippen LogP contribution >= 0.6 is 23.2 Å². The second-order valence-corrected chi connectivity index (χ2v) is 6.75. The molecule has 2 amide bonds. The van der Waals surface area contributed by atoms with Gasteiger partial charge in [0.2, 0.25) is 0 Å². The Morgan fingerprint density at radius 3 is 2.48 bits per heavy atom. The standard InChI is InChI=1S/C18H18Cl2FN3O/c19-14-5-6-17(16(21)11-14)22-18(25)24-9-7-23(8-10-24)12-13-3-1-2-4-15(13)20/h1-6,11H,7-10,12H2,(H,22,25). The van der Waals surface area contributed by atoms with Gasteiger partial charge in [-0.25, -0.2) is 9.18 Å². The molecule has 0 spiro atoms. The predicted molar refractivity (Wildman–Crippen MR) is 98.7 cm³/mol. The van der Waals surface area contributed by atoms with Gasteiger partial charge in [-0.1, -0.05) is 41.4 Å². The molecule has 0 saturated carbocycles. The highest BCUT2D eigenvalue weighted by Crippen LogP contribution is 2.20. The summed E-state index contributed by atoms with van der Waals surface area (Å²) in [6.07, 6.45) is 0. The van der Waals surface area contributed by atoms with Crippen molar-refractivity contribution >= 4 is 34.9 Å². The van der Waals surface area contributed by atoms with Crippen LogP contribution in [0.4, 0.5) is 14.9 Å². The molecule has 0 aliphatic carbocycles. The number of nitrogens with zero attached hydrogens (tertiary/aromatic N) is 2. The largest absolute Gasteiger partial charge is 0.322 e. The maximum atomic E-state index is 13.8. The number of urea groups is 1. The Balaban J connectivity index is 1.53. The van der Waals surface area contributed by atoms with Gasteiger partial charge >= 0.3 is 6.03 Å². The van der Waals surface area contributed by atoms with Gasteiger partial charge in [0, 0.05) is 42.8 Å². The lowest BCUT2D eigenvalue weighted by Crippen LogP contribution is -2.49. The van der Waals surface area contributed by atoms with Crippen LogP contribution in [-0.2, 0) is 6.54 Å². The lowest BCUT2D eigenvalue weighted by molar-refractivity contribution is 0.143. The molecule has 1 fully saturated rings. The monoisotopic (exact) mass is 381 g/mol.